The van der Waals surface area contributed by atoms with Crippen molar-refractivity contribution in [2.24, 2.45) is 0 Å². The van der Waals surface area contributed by atoms with Crippen LogP contribution < -0.4 is 5.32 Å². The monoisotopic (exact) mass is 868 g/mol. The van der Waals surface area contributed by atoms with E-state index < -0.39 is 18.2 Å². The highest BCUT2D eigenvalue weighted by atomic mass is 16.5. The Bertz CT molecular complexity index is 1110. The molecule has 0 aliphatic rings. The quantitative estimate of drug-likeness (QED) is 0.0322. The lowest BCUT2D eigenvalue weighted by molar-refractivity contribution is -0.151. The van der Waals surface area contributed by atoms with Crippen molar-refractivity contribution in [3.63, 3.8) is 0 Å². The molecule has 0 fully saturated rings. The first-order valence-corrected chi connectivity index (χ1v) is 26.6. The van der Waals surface area contributed by atoms with Crippen LogP contribution in [-0.2, 0) is 14.3 Å². The van der Waals surface area contributed by atoms with Gasteiger partial charge in [0.2, 0.25) is 5.91 Å². The van der Waals surface area contributed by atoms with Gasteiger partial charge < -0.3 is 20.3 Å². The van der Waals surface area contributed by atoms with E-state index in [-0.39, 0.29) is 24.9 Å². The molecule has 0 aromatic rings. The molecule has 0 saturated carbocycles. The van der Waals surface area contributed by atoms with Crippen LogP contribution in [0.1, 0.15) is 258 Å². The molecule has 360 valence electrons. The van der Waals surface area contributed by atoms with Crippen molar-refractivity contribution in [2.75, 3.05) is 6.61 Å². The summed E-state index contributed by atoms with van der Waals surface area (Å²) in [6.45, 7) is 6.39. The number of allylic oxidation sites excluding steroid dienone is 10. The summed E-state index contributed by atoms with van der Waals surface area (Å²) >= 11 is 0. The van der Waals surface area contributed by atoms with Crippen LogP contribution in [0.3, 0.4) is 0 Å². The number of amides is 1. The van der Waals surface area contributed by atoms with Crippen LogP contribution in [0.25, 0.3) is 0 Å². The molecule has 0 spiro atoms. The molecule has 0 aliphatic carbocycles. The lowest BCUT2D eigenvalue weighted by Crippen LogP contribution is -2.46. The van der Waals surface area contributed by atoms with E-state index in [1.165, 1.54) is 141 Å². The number of esters is 1. The molecule has 3 atom stereocenters. The van der Waals surface area contributed by atoms with E-state index in [2.05, 4.69) is 50.4 Å². The fraction of sp³-hybridized carbons (Fsp3) is 0.786. The maximum Gasteiger partial charge on any atom is 0.306 e. The number of aliphatic hydroxyl groups excluding tert-OH is 2. The van der Waals surface area contributed by atoms with Gasteiger partial charge in [-0.15, -0.1) is 0 Å². The van der Waals surface area contributed by atoms with Crippen molar-refractivity contribution < 1.29 is 24.5 Å². The van der Waals surface area contributed by atoms with Gasteiger partial charge in [-0.3, -0.25) is 9.59 Å². The van der Waals surface area contributed by atoms with Gasteiger partial charge in [-0.25, -0.2) is 0 Å². The molecule has 0 aliphatic heterocycles. The second-order valence-electron chi connectivity index (χ2n) is 18.1. The molecule has 6 heteroatoms. The molecular formula is C56H101NO5. The van der Waals surface area contributed by atoms with Gasteiger partial charge in [0.25, 0.3) is 0 Å². The number of carbonyl (C=O) groups excluding carboxylic acids is 2. The highest BCUT2D eigenvalue weighted by Crippen LogP contribution is 2.18. The molecule has 0 rings (SSSR count). The molecule has 3 unspecified atom stereocenters. The van der Waals surface area contributed by atoms with Crippen LogP contribution in [0.15, 0.2) is 60.8 Å². The van der Waals surface area contributed by atoms with Crippen molar-refractivity contribution in [1.29, 1.82) is 0 Å². The molecule has 3 N–H and O–H groups in total. The summed E-state index contributed by atoms with van der Waals surface area (Å²) in [5.74, 6) is -0.509. The fourth-order valence-electron chi connectivity index (χ4n) is 7.93. The van der Waals surface area contributed by atoms with Gasteiger partial charge in [0.05, 0.1) is 25.2 Å². The fourth-order valence-corrected chi connectivity index (χ4v) is 7.93. The Morgan fingerprint density at radius 3 is 1.31 bits per heavy atom. The molecule has 0 radical (unpaired) electrons. The van der Waals surface area contributed by atoms with Crippen molar-refractivity contribution in [2.45, 2.75) is 277 Å². The molecule has 1 amide bonds. The standard InChI is InChI=1S/C56H101NO5/c1-4-7-10-13-16-19-22-25-27-28-30-32-35-38-41-44-47-52(62-56(61)49-46-43-40-37-34-31-26-23-20-17-14-11-8-5-2)50-55(60)57-53(51-58)54(59)48-45-42-39-36-33-29-24-21-18-15-12-9-6-3/h10,13,16,19,22,25,27-28,30,32,52-54,58-59H,4-9,11-12,14-15,17-18,20-21,23-24,26,29,31,33-51H2,1-3H3,(H,57,60)/b13-10+,19-16+,25-22+,28-27+,32-30+. The summed E-state index contributed by atoms with van der Waals surface area (Å²) in [7, 11) is 0. The number of rotatable bonds is 47. The zero-order valence-electron chi connectivity index (χ0n) is 41.0. The van der Waals surface area contributed by atoms with E-state index >= 15 is 0 Å². The third-order valence-corrected chi connectivity index (χ3v) is 12.0. The number of unbranched alkanes of at least 4 members (excludes halogenated alkanes) is 29. The van der Waals surface area contributed by atoms with Crippen molar-refractivity contribution in [3.8, 4) is 0 Å². The maximum absolute atomic E-state index is 13.2. The zero-order valence-corrected chi connectivity index (χ0v) is 41.0. The van der Waals surface area contributed by atoms with Crippen LogP contribution >= 0.6 is 0 Å². The highest BCUT2D eigenvalue weighted by molar-refractivity contribution is 5.77. The second-order valence-corrected chi connectivity index (χ2v) is 18.1. The summed E-state index contributed by atoms with van der Waals surface area (Å²) in [6.07, 6.45) is 61.3. The Kier molecular flexibility index (Phi) is 47.6. The molecule has 62 heavy (non-hydrogen) atoms. The van der Waals surface area contributed by atoms with Gasteiger partial charge in [0.15, 0.2) is 0 Å². The number of carbonyl (C=O) groups is 2. The van der Waals surface area contributed by atoms with E-state index in [1.807, 2.05) is 36.5 Å². The minimum absolute atomic E-state index is 0.0505. The highest BCUT2D eigenvalue weighted by Gasteiger charge is 2.24. The summed E-state index contributed by atoms with van der Waals surface area (Å²) in [5, 5.41) is 23.8. The SMILES string of the molecule is CCC/C=C/C=C/C=C/C=C/C=C/CCCCCC(CC(=O)NC(CO)C(O)CCCCCCCCCCCCCCC)OC(=O)CCCCCCCCCCCCCCCC. The normalized spacial score (nSPS) is 13.7. The van der Waals surface area contributed by atoms with Crippen LogP contribution in [0, 0.1) is 0 Å². The summed E-state index contributed by atoms with van der Waals surface area (Å²) < 4.78 is 5.92. The molecule has 0 heterocycles. The van der Waals surface area contributed by atoms with Gasteiger partial charge in [-0.1, -0.05) is 261 Å². The minimum Gasteiger partial charge on any atom is -0.462 e. The average Bonchev–Trinajstić information content (AvgIpc) is 3.26. The van der Waals surface area contributed by atoms with Crippen molar-refractivity contribution in [1.82, 2.24) is 5.32 Å². The minimum atomic E-state index is -0.800. The number of ether oxygens (including phenoxy) is 1. The first kappa shape index (κ1) is 59.6. The Hall–Kier alpha value is -2.44. The lowest BCUT2D eigenvalue weighted by atomic mass is 10.0. The molecule has 0 saturated heterocycles. The lowest BCUT2D eigenvalue weighted by Gasteiger charge is -2.24. The molecule has 0 aromatic heterocycles. The van der Waals surface area contributed by atoms with E-state index in [4.69, 9.17) is 4.74 Å². The Morgan fingerprint density at radius 1 is 0.468 bits per heavy atom. The molecule has 6 nitrogen and oxygen atoms in total. The van der Waals surface area contributed by atoms with Gasteiger partial charge in [-0.2, -0.15) is 0 Å². The molecular weight excluding hydrogens is 767 g/mol. The van der Waals surface area contributed by atoms with Crippen LogP contribution in [0.4, 0.5) is 0 Å². The second kappa shape index (κ2) is 49.6. The predicted molar refractivity (Wildman–Crippen MR) is 268 cm³/mol. The van der Waals surface area contributed by atoms with Gasteiger partial charge in [-0.05, 0) is 44.9 Å². The van der Waals surface area contributed by atoms with Crippen LogP contribution in [0.2, 0.25) is 0 Å². The Morgan fingerprint density at radius 2 is 0.855 bits per heavy atom. The first-order valence-electron chi connectivity index (χ1n) is 26.6. The average molecular weight is 868 g/mol. The topological polar surface area (TPSA) is 95.9 Å². The maximum atomic E-state index is 13.2. The summed E-state index contributed by atoms with van der Waals surface area (Å²) in [5.41, 5.74) is 0. The first-order chi connectivity index (χ1) is 30.5. The van der Waals surface area contributed by atoms with E-state index in [1.54, 1.807) is 0 Å². The van der Waals surface area contributed by atoms with Gasteiger partial charge in [0.1, 0.15) is 6.10 Å². The van der Waals surface area contributed by atoms with Crippen molar-refractivity contribution in [3.05, 3.63) is 60.8 Å². The van der Waals surface area contributed by atoms with Gasteiger partial charge >= 0.3 is 5.97 Å². The third-order valence-electron chi connectivity index (χ3n) is 12.0. The molecule has 0 aromatic carbocycles. The van der Waals surface area contributed by atoms with E-state index in [0.717, 1.165) is 70.6 Å². The summed E-state index contributed by atoms with van der Waals surface area (Å²) in [4.78, 5) is 26.2. The number of nitrogens with one attached hydrogen (secondary N) is 1. The number of aliphatic hydroxyl groups is 2. The third kappa shape index (κ3) is 44.2. The number of hydrogen-bond donors (Lipinski definition) is 3. The summed E-state index contributed by atoms with van der Waals surface area (Å²) in [6, 6.07) is -0.716. The smallest absolute Gasteiger partial charge is 0.306 e. The van der Waals surface area contributed by atoms with Crippen LogP contribution in [0.5, 0.6) is 0 Å². The van der Waals surface area contributed by atoms with E-state index in [0.29, 0.717) is 19.3 Å². The van der Waals surface area contributed by atoms with Crippen molar-refractivity contribution >= 4 is 11.9 Å². The predicted octanol–water partition coefficient (Wildman–Crippen LogP) is 16.0. The van der Waals surface area contributed by atoms with Gasteiger partial charge in [0, 0.05) is 6.42 Å². The number of hydrogen-bond acceptors (Lipinski definition) is 5. The molecule has 0 bridgehead atoms. The van der Waals surface area contributed by atoms with Crippen LogP contribution in [-0.4, -0.2) is 46.9 Å². The Balaban J connectivity index is 4.67. The van der Waals surface area contributed by atoms with E-state index in [9.17, 15) is 19.8 Å². The Labute approximate surface area is 384 Å². The zero-order chi connectivity index (χ0) is 45.2. The largest absolute Gasteiger partial charge is 0.462 e.